The molecule has 1 aliphatic rings. The Morgan fingerprint density at radius 2 is 2.50 bits per heavy atom. The molecule has 1 heterocycles. The maximum Gasteiger partial charge on any atom is 0.411 e. The average Bonchev–Trinajstić information content (AvgIpc) is 2.26. The fourth-order valence-corrected chi connectivity index (χ4v) is 1.43. The molecule has 0 aromatic heterocycles. The second-order valence-electron chi connectivity index (χ2n) is 3.33. The number of hydrogen-bond acceptors (Lipinski definition) is 4. The van der Waals surface area contributed by atoms with Crippen molar-refractivity contribution in [3.05, 3.63) is 11.6 Å². The fraction of sp³-hybridized carbons (Fsp3) is 0.600. The molecular formula is C10H15ClN2O3. The minimum atomic E-state index is -0.616. The highest BCUT2D eigenvalue weighted by molar-refractivity contribution is 6.19. The van der Waals surface area contributed by atoms with Gasteiger partial charge in [-0.3, -0.25) is 0 Å². The number of rotatable bonds is 3. The molecule has 0 bridgehead atoms. The number of oxime groups is 1. The van der Waals surface area contributed by atoms with Crippen LogP contribution in [0.1, 0.15) is 13.3 Å². The van der Waals surface area contributed by atoms with Crippen LogP contribution in [0.15, 0.2) is 16.8 Å². The molecule has 0 fully saturated rings. The second kappa shape index (κ2) is 6.37. The summed E-state index contributed by atoms with van der Waals surface area (Å²) in [7, 11) is 1.47. The summed E-state index contributed by atoms with van der Waals surface area (Å²) in [6.45, 7) is 2.70. The number of carbonyl (C=O) groups excluding carboxylic acids is 1. The van der Waals surface area contributed by atoms with Crippen molar-refractivity contribution in [1.82, 2.24) is 4.90 Å². The Morgan fingerprint density at radius 1 is 1.75 bits per heavy atom. The van der Waals surface area contributed by atoms with Crippen LogP contribution in [0.2, 0.25) is 0 Å². The average molecular weight is 247 g/mol. The van der Waals surface area contributed by atoms with Crippen LogP contribution in [0.25, 0.3) is 0 Å². The van der Waals surface area contributed by atoms with E-state index >= 15 is 0 Å². The Labute approximate surface area is 99.6 Å². The summed E-state index contributed by atoms with van der Waals surface area (Å²) in [6, 6.07) is 0. The molecule has 0 saturated carbocycles. The lowest BCUT2D eigenvalue weighted by Crippen LogP contribution is -2.37. The molecule has 0 spiro atoms. The van der Waals surface area contributed by atoms with Crippen LogP contribution in [-0.2, 0) is 9.57 Å². The maximum atomic E-state index is 11.5. The van der Waals surface area contributed by atoms with Crippen LogP contribution in [0, 0.1) is 0 Å². The van der Waals surface area contributed by atoms with E-state index in [1.165, 1.54) is 7.11 Å². The van der Waals surface area contributed by atoms with E-state index in [0.717, 1.165) is 12.0 Å². The van der Waals surface area contributed by atoms with E-state index in [1.807, 2.05) is 6.08 Å². The number of halogens is 1. The zero-order chi connectivity index (χ0) is 12.0. The van der Waals surface area contributed by atoms with Crippen molar-refractivity contribution in [2.24, 2.45) is 5.16 Å². The van der Waals surface area contributed by atoms with Crippen molar-refractivity contribution in [2.45, 2.75) is 18.9 Å². The first-order valence-electron chi connectivity index (χ1n) is 4.98. The molecule has 0 aromatic rings. The Hall–Kier alpha value is -1.23. The van der Waals surface area contributed by atoms with Crippen LogP contribution in [0.3, 0.4) is 0 Å². The Kier molecular flexibility index (Phi) is 5.11. The quantitative estimate of drug-likeness (QED) is 0.435. The molecule has 0 N–H and O–H groups in total. The number of ether oxygens (including phenoxy) is 1. The van der Waals surface area contributed by atoms with Crippen molar-refractivity contribution in [3.63, 3.8) is 0 Å². The Balaban J connectivity index is 2.51. The largest absolute Gasteiger partial charge is 0.430 e. The highest BCUT2D eigenvalue weighted by Crippen LogP contribution is 2.11. The lowest BCUT2D eigenvalue weighted by Gasteiger charge is -2.25. The molecule has 0 saturated heterocycles. The van der Waals surface area contributed by atoms with Crippen molar-refractivity contribution in [2.75, 3.05) is 20.2 Å². The normalized spacial score (nSPS) is 18.2. The molecular weight excluding hydrogens is 232 g/mol. The SMILES string of the molecule is CON=CC1=CCCN(C(=O)OC(C)Cl)C1. The minimum absolute atomic E-state index is 0.404. The van der Waals surface area contributed by atoms with Gasteiger partial charge in [0.1, 0.15) is 7.11 Å². The molecule has 1 aliphatic heterocycles. The first-order valence-corrected chi connectivity index (χ1v) is 5.42. The van der Waals surface area contributed by atoms with E-state index in [2.05, 4.69) is 9.99 Å². The van der Waals surface area contributed by atoms with Crippen LogP contribution in [-0.4, -0.2) is 43.0 Å². The second-order valence-corrected chi connectivity index (χ2v) is 3.95. The fourth-order valence-electron chi connectivity index (χ4n) is 1.35. The van der Waals surface area contributed by atoms with Gasteiger partial charge >= 0.3 is 6.09 Å². The molecule has 1 amide bonds. The van der Waals surface area contributed by atoms with Crippen LogP contribution < -0.4 is 0 Å². The summed E-state index contributed by atoms with van der Waals surface area (Å²) < 4.78 is 4.89. The van der Waals surface area contributed by atoms with Gasteiger partial charge < -0.3 is 14.5 Å². The zero-order valence-corrected chi connectivity index (χ0v) is 10.1. The Bertz CT molecular complexity index is 302. The van der Waals surface area contributed by atoms with E-state index in [9.17, 15) is 4.79 Å². The summed E-state index contributed by atoms with van der Waals surface area (Å²) >= 11 is 5.58. The third kappa shape index (κ3) is 4.10. The van der Waals surface area contributed by atoms with E-state index in [1.54, 1.807) is 18.0 Å². The van der Waals surface area contributed by atoms with Gasteiger partial charge in [-0.15, -0.1) is 0 Å². The first kappa shape index (κ1) is 12.8. The van der Waals surface area contributed by atoms with Gasteiger partial charge in [0.2, 0.25) is 0 Å². The van der Waals surface area contributed by atoms with Gasteiger partial charge in [-0.25, -0.2) is 4.79 Å². The number of alkyl halides is 1. The predicted molar refractivity (Wildman–Crippen MR) is 61.6 cm³/mol. The van der Waals surface area contributed by atoms with E-state index in [0.29, 0.717) is 13.1 Å². The van der Waals surface area contributed by atoms with Gasteiger partial charge in [0.15, 0.2) is 5.56 Å². The van der Waals surface area contributed by atoms with Gasteiger partial charge in [-0.1, -0.05) is 22.8 Å². The van der Waals surface area contributed by atoms with Crippen LogP contribution in [0.5, 0.6) is 0 Å². The highest BCUT2D eigenvalue weighted by atomic mass is 35.5. The van der Waals surface area contributed by atoms with Gasteiger partial charge in [-0.05, 0) is 18.9 Å². The molecule has 1 unspecified atom stereocenters. The summed E-state index contributed by atoms with van der Waals surface area (Å²) in [6.07, 6.45) is 3.97. The topological polar surface area (TPSA) is 51.1 Å². The molecule has 1 atom stereocenters. The summed E-state index contributed by atoms with van der Waals surface area (Å²) in [5.74, 6) is 0. The van der Waals surface area contributed by atoms with E-state index < -0.39 is 11.7 Å². The molecule has 6 heteroatoms. The molecule has 0 aliphatic carbocycles. The van der Waals surface area contributed by atoms with Crippen molar-refractivity contribution < 1.29 is 14.4 Å². The standard InChI is InChI=1S/C10H15ClN2O3/c1-8(11)16-10(14)13-5-3-4-9(7-13)6-12-15-2/h4,6,8H,3,5,7H2,1-2H3. The number of carbonyl (C=O) groups is 1. The first-order chi connectivity index (χ1) is 7.63. The van der Waals surface area contributed by atoms with Gasteiger partial charge in [0, 0.05) is 6.54 Å². The molecule has 5 nitrogen and oxygen atoms in total. The van der Waals surface area contributed by atoms with Crippen molar-refractivity contribution >= 4 is 23.9 Å². The van der Waals surface area contributed by atoms with E-state index in [-0.39, 0.29) is 0 Å². The third-order valence-corrected chi connectivity index (χ3v) is 2.11. The zero-order valence-electron chi connectivity index (χ0n) is 9.35. The third-order valence-electron chi connectivity index (χ3n) is 2.02. The lowest BCUT2D eigenvalue weighted by molar-refractivity contribution is 0.0984. The maximum absolute atomic E-state index is 11.5. The van der Waals surface area contributed by atoms with E-state index in [4.69, 9.17) is 16.3 Å². The summed E-state index contributed by atoms with van der Waals surface area (Å²) in [5, 5.41) is 3.65. The summed E-state index contributed by atoms with van der Waals surface area (Å²) in [5.41, 5.74) is 0.307. The predicted octanol–water partition coefficient (Wildman–Crippen LogP) is 1.97. The monoisotopic (exact) mass is 246 g/mol. The Morgan fingerprint density at radius 3 is 3.12 bits per heavy atom. The molecule has 90 valence electrons. The van der Waals surface area contributed by atoms with Crippen molar-refractivity contribution in [1.29, 1.82) is 0 Å². The van der Waals surface area contributed by atoms with Gasteiger partial charge in [0.05, 0.1) is 12.8 Å². The molecule has 0 radical (unpaired) electrons. The van der Waals surface area contributed by atoms with Crippen LogP contribution in [0.4, 0.5) is 4.79 Å². The summed E-state index contributed by atoms with van der Waals surface area (Å²) in [4.78, 5) is 17.7. The van der Waals surface area contributed by atoms with Gasteiger partial charge in [-0.2, -0.15) is 0 Å². The molecule has 16 heavy (non-hydrogen) atoms. The van der Waals surface area contributed by atoms with Crippen LogP contribution >= 0.6 is 11.6 Å². The number of nitrogens with zero attached hydrogens (tertiary/aromatic N) is 2. The molecule has 0 aromatic carbocycles. The smallest absolute Gasteiger partial charge is 0.411 e. The molecule has 1 rings (SSSR count). The number of hydrogen-bond donors (Lipinski definition) is 0. The van der Waals surface area contributed by atoms with Gasteiger partial charge in [0.25, 0.3) is 0 Å². The highest BCUT2D eigenvalue weighted by Gasteiger charge is 2.19. The van der Waals surface area contributed by atoms with Crippen molar-refractivity contribution in [3.8, 4) is 0 Å². The number of amides is 1. The minimum Gasteiger partial charge on any atom is -0.430 e. The lowest BCUT2D eigenvalue weighted by atomic mass is 10.1.